The summed E-state index contributed by atoms with van der Waals surface area (Å²) < 4.78 is 5.33. The molecule has 1 saturated heterocycles. The number of likely N-dealkylation sites (N-methyl/N-ethyl adjacent to an activating group) is 1. The molecule has 0 saturated carbocycles. The third kappa shape index (κ3) is 4.22. The first kappa shape index (κ1) is 14.4. The van der Waals surface area contributed by atoms with Crippen molar-refractivity contribution >= 4 is 17.5 Å². The zero-order chi connectivity index (χ0) is 13.7. The molecular formula is C15H20ClNO2. The number of carbonyl (C=O) groups excluding carboxylic acids is 1. The van der Waals surface area contributed by atoms with Crippen LogP contribution in [-0.4, -0.2) is 37.6 Å². The Labute approximate surface area is 119 Å². The quantitative estimate of drug-likeness (QED) is 0.849. The van der Waals surface area contributed by atoms with Crippen LogP contribution in [0.15, 0.2) is 24.3 Å². The van der Waals surface area contributed by atoms with E-state index in [0.717, 1.165) is 38.2 Å². The smallest absolute Gasteiger partial charge is 0.226 e. The van der Waals surface area contributed by atoms with Crippen LogP contribution in [-0.2, 0) is 16.0 Å². The van der Waals surface area contributed by atoms with E-state index in [9.17, 15) is 4.79 Å². The van der Waals surface area contributed by atoms with Crippen molar-refractivity contribution in [3.8, 4) is 0 Å². The lowest BCUT2D eigenvalue weighted by Crippen LogP contribution is -2.35. The Bertz CT molecular complexity index is 430. The summed E-state index contributed by atoms with van der Waals surface area (Å²) in [4.78, 5) is 14.0. The lowest BCUT2D eigenvalue weighted by atomic mass is 9.99. The molecule has 1 amide bonds. The van der Waals surface area contributed by atoms with Gasteiger partial charge >= 0.3 is 0 Å². The highest BCUT2D eigenvalue weighted by Gasteiger charge is 2.19. The van der Waals surface area contributed by atoms with Gasteiger partial charge in [-0.1, -0.05) is 29.8 Å². The largest absolute Gasteiger partial charge is 0.381 e. The van der Waals surface area contributed by atoms with Crippen LogP contribution in [0.25, 0.3) is 0 Å². The molecule has 0 atom stereocenters. The van der Waals surface area contributed by atoms with E-state index in [-0.39, 0.29) is 5.91 Å². The number of nitrogens with zero attached hydrogens (tertiary/aromatic N) is 1. The Kier molecular flexibility index (Phi) is 5.23. The highest BCUT2D eigenvalue weighted by atomic mass is 35.5. The van der Waals surface area contributed by atoms with Crippen molar-refractivity contribution in [2.45, 2.75) is 19.3 Å². The van der Waals surface area contributed by atoms with Gasteiger partial charge in [0, 0.05) is 31.8 Å². The van der Waals surface area contributed by atoms with Crippen LogP contribution in [0.3, 0.4) is 0 Å². The normalized spacial score (nSPS) is 16.3. The summed E-state index contributed by atoms with van der Waals surface area (Å²) >= 11 is 6.08. The average molecular weight is 282 g/mol. The molecule has 0 bridgehead atoms. The fourth-order valence-electron chi connectivity index (χ4n) is 2.36. The number of hydrogen-bond acceptors (Lipinski definition) is 2. The Morgan fingerprint density at radius 1 is 1.37 bits per heavy atom. The van der Waals surface area contributed by atoms with Gasteiger partial charge in [-0.3, -0.25) is 4.79 Å². The van der Waals surface area contributed by atoms with Crippen LogP contribution in [0.4, 0.5) is 0 Å². The molecule has 1 heterocycles. The van der Waals surface area contributed by atoms with Gasteiger partial charge in [-0.15, -0.1) is 0 Å². The highest BCUT2D eigenvalue weighted by Crippen LogP contribution is 2.18. The third-order valence-electron chi connectivity index (χ3n) is 3.60. The molecule has 1 aliphatic heterocycles. The lowest BCUT2D eigenvalue weighted by Gasteiger charge is -2.27. The standard InChI is InChI=1S/C15H20ClNO2/c1-17(11-12-6-8-19-9-7-12)15(18)10-13-4-2-3-5-14(13)16/h2-5,12H,6-11H2,1H3. The number of amides is 1. The molecule has 104 valence electrons. The van der Waals surface area contributed by atoms with Crippen LogP contribution in [0, 0.1) is 5.92 Å². The molecule has 3 nitrogen and oxygen atoms in total. The molecule has 1 fully saturated rings. The fourth-order valence-corrected chi connectivity index (χ4v) is 2.56. The van der Waals surface area contributed by atoms with Crippen molar-refractivity contribution in [3.05, 3.63) is 34.9 Å². The number of carbonyl (C=O) groups is 1. The second-order valence-corrected chi connectivity index (χ2v) is 5.51. The van der Waals surface area contributed by atoms with Gasteiger partial charge in [0.05, 0.1) is 6.42 Å². The van der Waals surface area contributed by atoms with Gasteiger partial charge in [-0.2, -0.15) is 0 Å². The van der Waals surface area contributed by atoms with Crippen LogP contribution >= 0.6 is 11.6 Å². The van der Waals surface area contributed by atoms with Crippen LogP contribution in [0.5, 0.6) is 0 Å². The summed E-state index contributed by atoms with van der Waals surface area (Å²) in [6, 6.07) is 7.51. The molecule has 4 heteroatoms. The number of halogens is 1. The van der Waals surface area contributed by atoms with Gasteiger partial charge in [-0.25, -0.2) is 0 Å². The zero-order valence-corrected chi connectivity index (χ0v) is 12.0. The van der Waals surface area contributed by atoms with Crippen LogP contribution in [0.2, 0.25) is 5.02 Å². The van der Waals surface area contributed by atoms with Gasteiger partial charge in [0.1, 0.15) is 0 Å². The van der Waals surface area contributed by atoms with Crippen molar-refractivity contribution in [2.75, 3.05) is 26.8 Å². The van der Waals surface area contributed by atoms with Crippen LogP contribution < -0.4 is 0 Å². The van der Waals surface area contributed by atoms with E-state index in [0.29, 0.717) is 17.4 Å². The topological polar surface area (TPSA) is 29.5 Å². The molecule has 0 spiro atoms. The van der Waals surface area contributed by atoms with Gasteiger partial charge in [-0.05, 0) is 30.4 Å². The fraction of sp³-hybridized carbons (Fsp3) is 0.533. The molecule has 0 radical (unpaired) electrons. The maximum Gasteiger partial charge on any atom is 0.226 e. The Balaban J connectivity index is 1.87. The summed E-state index contributed by atoms with van der Waals surface area (Å²) in [5.41, 5.74) is 0.896. The summed E-state index contributed by atoms with van der Waals surface area (Å²) in [5, 5.41) is 0.662. The molecule has 2 rings (SSSR count). The van der Waals surface area contributed by atoms with E-state index in [1.165, 1.54) is 0 Å². The molecule has 0 aliphatic carbocycles. The van der Waals surface area contributed by atoms with Crippen molar-refractivity contribution in [1.82, 2.24) is 4.90 Å². The molecule has 1 aromatic rings. The van der Waals surface area contributed by atoms with Crippen molar-refractivity contribution in [2.24, 2.45) is 5.92 Å². The Morgan fingerprint density at radius 2 is 2.05 bits per heavy atom. The minimum absolute atomic E-state index is 0.125. The first-order valence-corrected chi connectivity index (χ1v) is 7.09. The highest BCUT2D eigenvalue weighted by molar-refractivity contribution is 6.31. The first-order chi connectivity index (χ1) is 9.16. The predicted molar refractivity (Wildman–Crippen MR) is 76.3 cm³/mol. The first-order valence-electron chi connectivity index (χ1n) is 6.72. The number of benzene rings is 1. The number of hydrogen-bond donors (Lipinski definition) is 0. The Hall–Kier alpha value is -1.06. The zero-order valence-electron chi connectivity index (χ0n) is 11.3. The molecule has 0 unspecified atom stereocenters. The minimum Gasteiger partial charge on any atom is -0.381 e. The third-order valence-corrected chi connectivity index (χ3v) is 3.97. The summed E-state index contributed by atoms with van der Waals surface area (Å²) in [5.74, 6) is 0.688. The molecule has 0 N–H and O–H groups in total. The van der Waals surface area contributed by atoms with Gasteiger partial charge in [0.15, 0.2) is 0 Å². The van der Waals surface area contributed by atoms with Gasteiger partial charge in [0.25, 0.3) is 0 Å². The molecule has 19 heavy (non-hydrogen) atoms. The predicted octanol–water partition coefficient (Wildman–Crippen LogP) is 2.77. The summed E-state index contributed by atoms with van der Waals surface area (Å²) in [6.07, 6.45) is 2.47. The van der Waals surface area contributed by atoms with Crippen molar-refractivity contribution < 1.29 is 9.53 Å². The summed E-state index contributed by atoms with van der Waals surface area (Å²) in [6.45, 7) is 2.45. The van der Waals surface area contributed by atoms with E-state index < -0.39 is 0 Å². The van der Waals surface area contributed by atoms with Gasteiger partial charge < -0.3 is 9.64 Å². The molecule has 1 aliphatic rings. The van der Waals surface area contributed by atoms with Crippen LogP contribution in [0.1, 0.15) is 18.4 Å². The van der Waals surface area contributed by atoms with E-state index >= 15 is 0 Å². The average Bonchev–Trinajstić information content (AvgIpc) is 2.42. The van der Waals surface area contributed by atoms with E-state index in [1.807, 2.05) is 36.2 Å². The lowest BCUT2D eigenvalue weighted by molar-refractivity contribution is -0.130. The summed E-state index contributed by atoms with van der Waals surface area (Å²) in [7, 11) is 1.87. The van der Waals surface area contributed by atoms with Crippen molar-refractivity contribution in [1.29, 1.82) is 0 Å². The molecule has 1 aromatic carbocycles. The molecule has 0 aromatic heterocycles. The Morgan fingerprint density at radius 3 is 2.74 bits per heavy atom. The van der Waals surface area contributed by atoms with Gasteiger partial charge in [0.2, 0.25) is 5.91 Å². The monoisotopic (exact) mass is 281 g/mol. The second-order valence-electron chi connectivity index (χ2n) is 5.10. The minimum atomic E-state index is 0.125. The number of ether oxygens (including phenoxy) is 1. The number of rotatable bonds is 4. The van der Waals surface area contributed by atoms with E-state index in [4.69, 9.17) is 16.3 Å². The second kappa shape index (κ2) is 6.92. The van der Waals surface area contributed by atoms with Crippen molar-refractivity contribution in [3.63, 3.8) is 0 Å². The van der Waals surface area contributed by atoms with E-state index in [2.05, 4.69) is 0 Å². The molecular weight excluding hydrogens is 262 g/mol. The van der Waals surface area contributed by atoms with E-state index in [1.54, 1.807) is 0 Å². The maximum atomic E-state index is 12.2. The SMILES string of the molecule is CN(CC1CCOCC1)C(=O)Cc1ccccc1Cl. The maximum absolute atomic E-state index is 12.2.